The lowest BCUT2D eigenvalue weighted by molar-refractivity contribution is -0.120. The van der Waals surface area contributed by atoms with Gasteiger partial charge in [-0.05, 0) is 49.2 Å². The minimum atomic E-state index is 0.0579. The third kappa shape index (κ3) is 5.26. The molecule has 1 amide bonds. The summed E-state index contributed by atoms with van der Waals surface area (Å²) in [6.45, 7) is 4.68. The average molecular weight is 283 g/mol. The Morgan fingerprint density at radius 1 is 1.05 bits per heavy atom. The van der Waals surface area contributed by atoms with Gasteiger partial charge < -0.3 is 10.6 Å². The minimum Gasteiger partial charge on any atom is -0.381 e. The Kier molecular flexibility index (Phi) is 5.32. The second-order valence-electron chi connectivity index (χ2n) is 5.30. The van der Waals surface area contributed by atoms with Gasteiger partial charge in [-0.15, -0.1) is 0 Å². The lowest BCUT2D eigenvalue weighted by Gasteiger charge is -2.09. The number of aromatic nitrogens is 1. The first kappa shape index (κ1) is 15.0. The summed E-state index contributed by atoms with van der Waals surface area (Å²) in [6.07, 6.45) is 3.99. The molecular formula is C17H21N3O. The molecule has 1 heterocycles. The summed E-state index contributed by atoms with van der Waals surface area (Å²) in [4.78, 5) is 15.7. The number of hydrogen-bond acceptors (Lipinski definition) is 3. The van der Waals surface area contributed by atoms with Crippen LogP contribution in [0.25, 0.3) is 0 Å². The van der Waals surface area contributed by atoms with Crippen molar-refractivity contribution in [2.75, 3.05) is 5.32 Å². The molecule has 2 rings (SSSR count). The molecule has 0 atom stereocenters. The second-order valence-corrected chi connectivity index (χ2v) is 5.30. The van der Waals surface area contributed by atoms with Gasteiger partial charge in [0.25, 0.3) is 0 Å². The summed E-state index contributed by atoms with van der Waals surface area (Å²) in [6, 6.07) is 12.1. The molecule has 0 spiro atoms. The Morgan fingerprint density at radius 2 is 1.71 bits per heavy atom. The Hall–Kier alpha value is -2.36. The molecule has 110 valence electrons. The third-order valence-electron chi connectivity index (χ3n) is 3.01. The molecule has 21 heavy (non-hydrogen) atoms. The fourth-order valence-electron chi connectivity index (χ4n) is 2.00. The molecule has 1 aromatic heterocycles. The Balaban J connectivity index is 1.86. The van der Waals surface area contributed by atoms with Crippen molar-refractivity contribution in [2.45, 2.75) is 32.9 Å². The lowest BCUT2D eigenvalue weighted by Crippen LogP contribution is -2.31. The molecule has 4 heteroatoms. The van der Waals surface area contributed by atoms with E-state index >= 15 is 0 Å². The minimum absolute atomic E-state index is 0.0579. The largest absolute Gasteiger partial charge is 0.381 e. The van der Waals surface area contributed by atoms with Crippen LogP contribution < -0.4 is 10.6 Å². The molecule has 0 fully saturated rings. The fourth-order valence-corrected chi connectivity index (χ4v) is 2.00. The van der Waals surface area contributed by atoms with E-state index in [1.807, 2.05) is 50.2 Å². The molecule has 0 aliphatic rings. The van der Waals surface area contributed by atoms with Crippen LogP contribution in [-0.4, -0.2) is 16.9 Å². The number of amides is 1. The fraction of sp³-hybridized carbons (Fsp3) is 0.294. The van der Waals surface area contributed by atoms with Gasteiger partial charge >= 0.3 is 0 Å². The maximum absolute atomic E-state index is 11.7. The molecule has 2 N–H and O–H groups in total. The number of hydrogen-bond donors (Lipinski definition) is 2. The lowest BCUT2D eigenvalue weighted by atomic mass is 10.1. The Bertz CT molecular complexity index is 564. The van der Waals surface area contributed by atoms with Gasteiger partial charge in [0.15, 0.2) is 0 Å². The summed E-state index contributed by atoms with van der Waals surface area (Å²) >= 11 is 0. The van der Waals surface area contributed by atoms with Crippen LogP contribution in [0.15, 0.2) is 48.8 Å². The number of carbonyl (C=O) groups excluding carboxylic acids is 1. The zero-order chi connectivity index (χ0) is 15.1. The van der Waals surface area contributed by atoms with Crippen molar-refractivity contribution in [3.63, 3.8) is 0 Å². The van der Waals surface area contributed by atoms with Crippen LogP contribution in [0.3, 0.4) is 0 Å². The van der Waals surface area contributed by atoms with Gasteiger partial charge in [-0.1, -0.05) is 12.1 Å². The van der Waals surface area contributed by atoms with Gasteiger partial charge in [-0.25, -0.2) is 0 Å². The van der Waals surface area contributed by atoms with Crippen molar-refractivity contribution in [1.82, 2.24) is 10.3 Å². The van der Waals surface area contributed by atoms with Gasteiger partial charge in [0, 0.05) is 30.7 Å². The molecule has 0 saturated carbocycles. The number of rotatable bonds is 6. The van der Waals surface area contributed by atoms with Crippen molar-refractivity contribution in [1.29, 1.82) is 0 Å². The summed E-state index contributed by atoms with van der Waals surface area (Å²) in [5.41, 5.74) is 3.24. The van der Waals surface area contributed by atoms with E-state index in [2.05, 4.69) is 15.6 Å². The first-order chi connectivity index (χ1) is 10.1. The standard InChI is InChI=1S/C17H21N3O/c1-13(2)20-17(21)11-14-3-5-16(6-4-14)19-12-15-7-9-18-10-8-15/h3-10,13,19H,11-12H2,1-2H3,(H,20,21). The average Bonchev–Trinajstić information content (AvgIpc) is 2.47. The third-order valence-corrected chi connectivity index (χ3v) is 3.01. The van der Waals surface area contributed by atoms with Crippen LogP contribution in [0.1, 0.15) is 25.0 Å². The topological polar surface area (TPSA) is 54.0 Å². The maximum Gasteiger partial charge on any atom is 0.224 e. The van der Waals surface area contributed by atoms with Crippen LogP contribution in [0.4, 0.5) is 5.69 Å². The van der Waals surface area contributed by atoms with Crippen molar-refractivity contribution in [3.8, 4) is 0 Å². The van der Waals surface area contributed by atoms with E-state index in [0.29, 0.717) is 6.42 Å². The highest BCUT2D eigenvalue weighted by Crippen LogP contribution is 2.11. The van der Waals surface area contributed by atoms with Gasteiger partial charge in [0.1, 0.15) is 0 Å². The maximum atomic E-state index is 11.7. The first-order valence-electron chi connectivity index (χ1n) is 7.14. The summed E-state index contributed by atoms with van der Waals surface area (Å²) in [7, 11) is 0. The van der Waals surface area contributed by atoms with Crippen LogP contribution >= 0.6 is 0 Å². The van der Waals surface area contributed by atoms with Gasteiger partial charge in [0.2, 0.25) is 5.91 Å². The highest BCUT2D eigenvalue weighted by molar-refractivity contribution is 5.78. The van der Waals surface area contributed by atoms with E-state index in [1.54, 1.807) is 12.4 Å². The highest BCUT2D eigenvalue weighted by atomic mass is 16.1. The molecule has 1 aromatic carbocycles. The van der Waals surface area contributed by atoms with E-state index in [4.69, 9.17) is 0 Å². The SMILES string of the molecule is CC(C)NC(=O)Cc1ccc(NCc2ccncc2)cc1. The molecule has 0 saturated heterocycles. The van der Waals surface area contributed by atoms with E-state index in [0.717, 1.165) is 17.8 Å². The number of nitrogens with one attached hydrogen (secondary N) is 2. The summed E-state index contributed by atoms with van der Waals surface area (Å²) in [5, 5.41) is 6.24. The molecular weight excluding hydrogens is 262 g/mol. The van der Waals surface area contributed by atoms with E-state index in [-0.39, 0.29) is 11.9 Å². The van der Waals surface area contributed by atoms with Gasteiger partial charge in [0.05, 0.1) is 6.42 Å². The van der Waals surface area contributed by atoms with Gasteiger partial charge in [-0.3, -0.25) is 9.78 Å². The smallest absolute Gasteiger partial charge is 0.224 e. The molecule has 2 aromatic rings. The summed E-state index contributed by atoms with van der Waals surface area (Å²) < 4.78 is 0. The molecule has 0 aliphatic heterocycles. The van der Waals surface area contributed by atoms with Crippen LogP contribution in [0.5, 0.6) is 0 Å². The molecule has 0 unspecified atom stereocenters. The van der Waals surface area contributed by atoms with Crippen molar-refractivity contribution in [3.05, 3.63) is 59.9 Å². The van der Waals surface area contributed by atoms with Crippen LogP contribution in [0.2, 0.25) is 0 Å². The number of benzene rings is 1. The van der Waals surface area contributed by atoms with Crippen molar-refractivity contribution < 1.29 is 4.79 Å². The molecule has 4 nitrogen and oxygen atoms in total. The van der Waals surface area contributed by atoms with E-state index < -0.39 is 0 Å². The monoisotopic (exact) mass is 283 g/mol. The zero-order valence-corrected chi connectivity index (χ0v) is 12.5. The number of anilines is 1. The van der Waals surface area contributed by atoms with Crippen molar-refractivity contribution in [2.24, 2.45) is 0 Å². The van der Waals surface area contributed by atoms with E-state index in [9.17, 15) is 4.79 Å². The first-order valence-corrected chi connectivity index (χ1v) is 7.14. The van der Waals surface area contributed by atoms with Gasteiger partial charge in [-0.2, -0.15) is 0 Å². The zero-order valence-electron chi connectivity index (χ0n) is 12.5. The number of nitrogens with zero attached hydrogens (tertiary/aromatic N) is 1. The number of carbonyl (C=O) groups is 1. The molecule has 0 radical (unpaired) electrons. The van der Waals surface area contributed by atoms with Crippen molar-refractivity contribution >= 4 is 11.6 Å². The molecule has 0 bridgehead atoms. The predicted octanol–water partition coefficient (Wildman–Crippen LogP) is 2.76. The highest BCUT2D eigenvalue weighted by Gasteiger charge is 2.04. The van der Waals surface area contributed by atoms with Crippen LogP contribution in [0, 0.1) is 0 Å². The Labute approximate surface area is 125 Å². The normalized spacial score (nSPS) is 10.4. The summed E-state index contributed by atoms with van der Waals surface area (Å²) in [5.74, 6) is 0.0579. The number of pyridine rings is 1. The van der Waals surface area contributed by atoms with E-state index in [1.165, 1.54) is 5.56 Å². The van der Waals surface area contributed by atoms with Crippen LogP contribution in [-0.2, 0) is 17.8 Å². The molecule has 0 aliphatic carbocycles. The quantitative estimate of drug-likeness (QED) is 0.857. The predicted molar refractivity (Wildman–Crippen MR) is 85.0 cm³/mol. The Morgan fingerprint density at radius 3 is 2.33 bits per heavy atom. The second kappa shape index (κ2) is 7.43.